The molecular weight excluding hydrogens is 204 g/mol. The standard InChI is InChI=1S/C12H24N2O2/c1-10-4-5-11(8-10)14-9-12(15)13-6-3-7-16-2/h10-11,14H,3-9H2,1-2H3,(H,13,15). The van der Waals surface area contributed by atoms with Crippen LogP contribution >= 0.6 is 0 Å². The normalized spacial score (nSPS) is 24.6. The van der Waals surface area contributed by atoms with Gasteiger partial charge in [0.05, 0.1) is 6.54 Å². The second-order valence-corrected chi connectivity index (χ2v) is 4.69. The summed E-state index contributed by atoms with van der Waals surface area (Å²) in [7, 11) is 1.67. The first-order valence-corrected chi connectivity index (χ1v) is 6.21. The summed E-state index contributed by atoms with van der Waals surface area (Å²) in [4.78, 5) is 11.4. The predicted molar refractivity (Wildman–Crippen MR) is 64.3 cm³/mol. The van der Waals surface area contributed by atoms with Crippen molar-refractivity contribution >= 4 is 5.91 Å². The van der Waals surface area contributed by atoms with E-state index in [4.69, 9.17) is 4.74 Å². The van der Waals surface area contributed by atoms with Crippen LogP contribution in [-0.4, -0.2) is 38.8 Å². The molecule has 0 aliphatic heterocycles. The molecule has 16 heavy (non-hydrogen) atoms. The van der Waals surface area contributed by atoms with Gasteiger partial charge in [0.15, 0.2) is 0 Å². The number of carbonyl (C=O) groups excluding carboxylic acids is 1. The Balaban J connectivity index is 1.97. The quantitative estimate of drug-likeness (QED) is 0.637. The minimum atomic E-state index is 0.0932. The molecule has 1 rings (SSSR count). The monoisotopic (exact) mass is 228 g/mol. The molecular formula is C12H24N2O2. The summed E-state index contributed by atoms with van der Waals surface area (Å²) < 4.78 is 4.91. The number of rotatable bonds is 7. The molecule has 0 saturated heterocycles. The second kappa shape index (κ2) is 7.63. The highest BCUT2D eigenvalue weighted by Crippen LogP contribution is 2.24. The SMILES string of the molecule is COCCCNC(=O)CNC1CCC(C)C1. The summed E-state index contributed by atoms with van der Waals surface area (Å²) in [6.45, 7) is 4.13. The van der Waals surface area contributed by atoms with Crippen LogP contribution < -0.4 is 10.6 Å². The van der Waals surface area contributed by atoms with Crippen LogP contribution in [0.15, 0.2) is 0 Å². The molecule has 0 aromatic carbocycles. The van der Waals surface area contributed by atoms with Crippen molar-refractivity contribution in [1.29, 1.82) is 0 Å². The van der Waals surface area contributed by atoms with Crippen molar-refractivity contribution in [1.82, 2.24) is 10.6 Å². The number of nitrogens with one attached hydrogen (secondary N) is 2. The van der Waals surface area contributed by atoms with Crippen molar-refractivity contribution in [2.45, 2.75) is 38.6 Å². The molecule has 2 N–H and O–H groups in total. The molecule has 1 aliphatic carbocycles. The Labute approximate surface area is 98.1 Å². The molecule has 1 aliphatic rings. The number of hydrogen-bond donors (Lipinski definition) is 2. The van der Waals surface area contributed by atoms with Gasteiger partial charge in [-0.25, -0.2) is 0 Å². The first-order chi connectivity index (χ1) is 7.72. The molecule has 0 aromatic rings. The van der Waals surface area contributed by atoms with Gasteiger partial charge >= 0.3 is 0 Å². The highest BCUT2D eigenvalue weighted by atomic mass is 16.5. The van der Waals surface area contributed by atoms with E-state index < -0.39 is 0 Å². The van der Waals surface area contributed by atoms with E-state index in [-0.39, 0.29) is 5.91 Å². The summed E-state index contributed by atoms with van der Waals surface area (Å²) in [5.41, 5.74) is 0. The lowest BCUT2D eigenvalue weighted by Gasteiger charge is -2.12. The van der Waals surface area contributed by atoms with E-state index in [0.717, 1.165) is 12.3 Å². The molecule has 0 bridgehead atoms. The van der Waals surface area contributed by atoms with Gasteiger partial charge in [0.2, 0.25) is 5.91 Å². The Bertz CT molecular complexity index is 209. The molecule has 0 aromatic heterocycles. The van der Waals surface area contributed by atoms with Gasteiger partial charge in [0.1, 0.15) is 0 Å². The maximum Gasteiger partial charge on any atom is 0.233 e. The van der Waals surface area contributed by atoms with Gasteiger partial charge in [-0.15, -0.1) is 0 Å². The molecule has 1 saturated carbocycles. The Morgan fingerprint density at radius 1 is 1.44 bits per heavy atom. The maximum absolute atomic E-state index is 11.4. The number of ether oxygens (including phenoxy) is 1. The van der Waals surface area contributed by atoms with Crippen molar-refractivity contribution in [2.24, 2.45) is 5.92 Å². The van der Waals surface area contributed by atoms with Gasteiger partial charge in [-0.05, 0) is 31.6 Å². The van der Waals surface area contributed by atoms with Crippen molar-refractivity contribution in [3.8, 4) is 0 Å². The third-order valence-corrected chi connectivity index (χ3v) is 3.09. The topological polar surface area (TPSA) is 50.4 Å². The van der Waals surface area contributed by atoms with Crippen LogP contribution in [-0.2, 0) is 9.53 Å². The van der Waals surface area contributed by atoms with Crippen LogP contribution in [0.1, 0.15) is 32.6 Å². The van der Waals surface area contributed by atoms with E-state index >= 15 is 0 Å². The first-order valence-electron chi connectivity index (χ1n) is 6.21. The lowest BCUT2D eigenvalue weighted by atomic mass is 10.1. The minimum absolute atomic E-state index is 0.0932. The zero-order valence-corrected chi connectivity index (χ0v) is 10.4. The number of methoxy groups -OCH3 is 1. The number of amides is 1. The average molecular weight is 228 g/mol. The van der Waals surface area contributed by atoms with Crippen LogP contribution in [0.2, 0.25) is 0 Å². The highest BCUT2D eigenvalue weighted by molar-refractivity contribution is 5.77. The fraction of sp³-hybridized carbons (Fsp3) is 0.917. The largest absolute Gasteiger partial charge is 0.385 e. The van der Waals surface area contributed by atoms with Gasteiger partial charge in [0.25, 0.3) is 0 Å². The molecule has 2 atom stereocenters. The highest BCUT2D eigenvalue weighted by Gasteiger charge is 2.20. The molecule has 0 heterocycles. The minimum Gasteiger partial charge on any atom is -0.385 e. The summed E-state index contributed by atoms with van der Waals surface area (Å²) >= 11 is 0. The molecule has 2 unspecified atom stereocenters. The van der Waals surface area contributed by atoms with Crippen LogP contribution in [0, 0.1) is 5.92 Å². The number of carbonyl (C=O) groups is 1. The fourth-order valence-electron chi connectivity index (χ4n) is 2.14. The first kappa shape index (κ1) is 13.5. The molecule has 1 amide bonds. The average Bonchev–Trinajstić information content (AvgIpc) is 2.68. The summed E-state index contributed by atoms with van der Waals surface area (Å²) in [5, 5.41) is 6.18. The number of hydrogen-bond acceptors (Lipinski definition) is 3. The van der Waals surface area contributed by atoms with E-state index in [2.05, 4.69) is 17.6 Å². The molecule has 1 fully saturated rings. The third kappa shape index (κ3) is 5.47. The molecule has 94 valence electrons. The van der Waals surface area contributed by atoms with Crippen LogP contribution in [0.3, 0.4) is 0 Å². The summed E-state index contributed by atoms with van der Waals surface area (Å²) in [6.07, 6.45) is 4.57. The summed E-state index contributed by atoms with van der Waals surface area (Å²) in [5.74, 6) is 0.901. The molecule has 0 radical (unpaired) electrons. The molecule has 4 nitrogen and oxygen atoms in total. The van der Waals surface area contributed by atoms with Crippen LogP contribution in [0.25, 0.3) is 0 Å². The Hall–Kier alpha value is -0.610. The van der Waals surface area contributed by atoms with Crippen molar-refractivity contribution in [3.63, 3.8) is 0 Å². The van der Waals surface area contributed by atoms with Gasteiger partial charge in [-0.1, -0.05) is 6.92 Å². The lowest BCUT2D eigenvalue weighted by molar-refractivity contribution is -0.120. The van der Waals surface area contributed by atoms with Crippen molar-refractivity contribution < 1.29 is 9.53 Å². The van der Waals surface area contributed by atoms with E-state index in [1.54, 1.807) is 7.11 Å². The van der Waals surface area contributed by atoms with Crippen LogP contribution in [0.5, 0.6) is 0 Å². The maximum atomic E-state index is 11.4. The Morgan fingerprint density at radius 3 is 2.88 bits per heavy atom. The van der Waals surface area contributed by atoms with Gasteiger partial charge in [-0.3, -0.25) is 4.79 Å². The lowest BCUT2D eigenvalue weighted by Crippen LogP contribution is -2.38. The van der Waals surface area contributed by atoms with Gasteiger partial charge in [-0.2, -0.15) is 0 Å². The molecule has 0 spiro atoms. The predicted octanol–water partition coefficient (Wildman–Crippen LogP) is 0.917. The Morgan fingerprint density at radius 2 is 2.25 bits per heavy atom. The van der Waals surface area contributed by atoms with E-state index in [1.165, 1.54) is 19.3 Å². The Kier molecular flexibility index (Phi) is 6.42. The van der Waals surface area contributed by atoms with E-state index in [1.807, 2.05) is 0 Å². The zero-order valence-electron chi connectivity index (χ0n) is 10.4. The summed E-state index contributed by atoms with van der Waals surface area (Å²) in [6, 6.07) is 0.541. The van der Waals surface area contributed by atoms with Crippen LogP contribution in [0.4, 0.5) is 0 Å². The third-order valence-electron chi connectivity index (χ3n) is 3.09. The smallest absolute Gasteiger partial charge is 0.233 e. The zero-order chi connectivity index (χ0) is 11.8. The fourth-order valence-corrected chi connectivity index (χ4v) is 2.14. The van der Waals surface area contributed by atoms with Crippen molar-refractivity contribution in [2.75, 3.05) is 26.8 Å². The second-order valence-electron chi connectivity index (χ2n) is 4.69. The van der Waals surface area contributed by atoms with Gasteiger partial charge in [0, 0.05) is 26.3 Å². The van der Waals surface area contributed by atoms with Crippen molar-refractivity contribution in [3.05, 3.63) is 0 Å². The molecule has 4 heteroatoms. The van der Waals surface area contributed by atoms with E-state index in [9.17, 15) is 4.79 Å². The van der Waals surface area contributed by atoms with Gasteiger partial charge < -0.3 is 15.4 Å². The van der Waals surface area contributed by atoms with E-state index in [0.29, 0.717) is 25.7 Å².